The predicted octanol–water partition coefficient (Wildman–Crippen LogP) is 2.31. The van der Waals surface area contributed by atoms with E-state index in [1.54, 1.807) is 0 Å². The van der Waals surface area contributed by atoms with Gasteiger partial charge in [-0.15, -0.1) is 0 Å². The normalized spacial score (nSPS) is 26.9. The predicted molar refractivity (Wildman–Crippen MR) is 117 cm³/mol. The number of guanidine groups is 1. The molecule has 2 N–H and O–H groups in total. The fraction of sp³-hybridized carbons (Fsp3) is 0.955. The summed E-state index contributed by atoms with van der Waals surface area (Å²) in [5.74, 6) is 1.69. The molecule has 0 aromatic heterocycles. The summed E-state index contributed by atoms with van der Waals surface area (Å²) in [6, 6.07) is 1.88. The van der Waals surface area contributed by atoms with Gasteiger partial charge in [0.25, 0.3) is 0 Å². The van der Waals surface area contributed by atoms with E-state index in [0.717, 1.165) is 51.4 Å². The molecule has 2 saturated heterocycles. The van der Waals surface area contributed by atoms with E-state index in [9.17, 15) is 0 Å². The molecule has 0 amide bonds. The van der Waals surface area contributed by atoms with E-state index < -0.39 is 0 Å². The fourth-order valence-electron chi connectivity index (χ4n) is 5.04. The highest BCUT2D eigenvalue weighted by Crippen LogP contribution is 2.26. The van der Waals surface area contributed by atoms with E-state index in [2.05, 4.69) is 41.2 Å². The zero-order chi connectivity index (χ0) is 19.8. The van der Waals surface area contributed by atoms with Crippen molar-refractivity contribution in [2.45, 2.75) is 77.4 Å². The van der Waals surface area contributed by atoms with Gasteiger partial charge in [0.15, 0.2) is 5.96 Å². The molecular formula is C22H43N5O. The van der Waals surface area contributed by atoms with Crippen molar-refractivity contribution in [3.8, 4) is 0 Å². The van der Waals surface area contributed by atoms with E-state index in [1.807, 2.05) is 0 Å². The molecule has 0 radical (unpaired) electrons. The molecule has 1 aliphatic carbocycles. The summed E-state index contributed by atoms with van der Waals surface area (Å²) in [5, 5.41) is 7.22. The quantitative estimate of drug-likeness (QED) is 0.490. The summed E-state index contributed by atoms with van der Waals surface area (Å²) < 4.78 is 5.55. The lowest BCUT2D eigenvalue weighted by Gasteiger charge is -2.34. The number of hydrogen-bond donors (Lipinski definition) is 2. The second kappa shape index (κ2) is 11.4. The maximum Gasteiger partial charge on any atom is 0.191 e. The second-order valence-electron chi connectivity index (χ2n) is 9.21. The molecule has 3 aliphatic rings. The van der Waals surface area contributed by atoms with Gasteiger partial charge in [-0.1, -0.05) is 26.7 Å². The van der Waals surface area contributed by atoms with Crippen molar-refractivity contribution in [3.63, 3.8) is 0 Å². The molecule has 0 aromatic carbocycles. The average Bonchev–Trinajstić information content (AvgIpc) is 3.37. The standard InChI is InChI=1S/C22H43N5O/c1-4-23-22(25-19-9-10-27(17-19)20-7-5-6-8-20)24-16-21(15-18(2)3)26-11-13-28-14-12-26/h18-21H,4-17H2,1-3H3,(H2,23,24,25). The van der Waals surface area contributed by atoms with Crippen LogP contribution in [0.25, 0.3) is 0 Å². The Bertz CT molecular complexity index is 472. The van der Waals surface area contributed by atoms with Gasteiger partial charge in [0.05, 0.1) is 19.8 Å². The molecule has 28 heavy (non-hydrogen) atoms. The first-order valence-corrected chi connectivity index (χ1v) is 11.8. The number of likely N-dealkylation sites (tertiary alicyclic amines) is 1. The van der Waals surface area contributed by atoms with E-state index in [4.69, 9.17) is 9.73 Å². The van der Waals surface area contributed by atoms with Crippen LogP contribution in [0.3, 0.4) is 0 Å². The Morgan fingerprint density at radius 3 is 2.54 bits per heavy atom. The minimum atomic E-state index is 0.512. The number of ether oxygens (including phenoxy) is 1. The Balaban J connectivity index is 1.54. The second-order valence-corrected chi connectivity index (χ2v) is 9.21. The van der Waals surface area contributed by atoms with Crippen LogP contribution >= 0.6 is 0 Å². The molecule has 2 heterocycles. The highest BCUT2D eigenvalue weighted by atomic mass is 16.5. The zero-order valence-electron chi connectivity index (χ0n) is 18.5. The van der Waals surface area contributed by atoms with E-state index in [0.29, 0.717) is 18.0 Å². The number of hydrogen-bond acceptors (Lipinski definition) is 4. The number of nitrogens with zero attached hydrogens (tertiary/aromatic N) is 3. The Labute approximate surface area is 172 Å². The lowest BCUT2D eigenvalue weighted by atomic mass is 10.0. The first kappa shape index (κ1) is 21.8. The van der Waals surface area contributed by atoms with Gasteiger partial charge >= 0.3 is 0 Å². The third-order valence-corrected chi connectivity index (χ3v) is 6.51. The van der Waals surface area contributed by atoms with E-state index >= 15 is 0 Å². The fourth-order valence-corrected chi connectivity index (χ4v) is 5.04. The van der Waals surface area contributed by atoms with Crippen molar-refractivity contribution in [1.82, 2.24) is 20.4 Å². The molecule has 0 spiro atoms. The largest absolute Gasteiger partial charge is 0.379 e. The number of rotatable bonds is 8. The van der Waals surface area contributed by atoms with Crippen LogP contribution in [-0.2, 0) is 4.74 Å². The molecule has 2 atom stereocenters. The molecule has 3 fully saturated rings. The zero-order valence-corrected chi connectivity index (χ0v) is 18.5. The summed E-state index contributed by atoms with van der Waals surface area (Å²) in [5.41, 5.74) is 0. The van der Waals surface area contributed by atoms with Gasteiger partial charge in [-0.25, -0.2) is 0 Å². The van der Waals surface area contributed by atoms with Crippen LogP contribution in [-0.4, -0.2) is 86.4 Å². The molecule has 0 aromatic rings. The van der Waals surface area contributed by atoms with Crippen LogP contribution in [0.2, 0.25) is 0 Å². The molecule has 2 unspecified atom stereocenters. The third-order valence-electron chi connectivity index (χ3n) is 6.51. The van der Waals surface area contributed by atoms with Crippen LogP contribution in [0, 0.1) is 5.92 Å². The minimum Gasteiger partial charge on any atom is -0.379 e. The number of aliphatic imine (C=N–C) groups is 1. The molecule has 2 aliphatic heterocycles. The van der Waals surface area contributed by atoms with Crippen molar-refractivity contribution in [2.24, 2.45) is 10.9 Å². The average molecular weight is 394 g/mol. The van der Waals surface area contributed by atoms with Gasteiger partial charge in [-0.05, 0) is 38.5 Å². The van der Waals surface area contributed by atoms with Gasteiger partial charge in [0.2, 0.25) is 0 Å². The van der Waals surface area contributed by atoms with Crippen LogP contribution < -0.4 is 10.6 Å². The Kier molecular flexibility index (Phi) is 8.87. The topological polar surface area (TPSA) is 52.1 Å². The molecule has 3 rings (SSSR count). The molecule has 6 heteroatoms. The Morgan fingerprint density at radius 1 is 1.11 bits per heavy atom. The monoisotopic (exact) mass is 393 g/mol. The van der Waals surface area contributed by atoms with Gasteiger partial charge in [-0.2, -0.15) is 0 Å². The van der Waals surface area contributed by atoms with Crippen molar-refractivity contribution in [3.05, 3.63) is 0 Å². The molecule has 6 nitrogen and oxygen atoms in total. The van der Waals surface area contributed by atoms with Crippen LogP contribution in [0.15, 0.2) is 4.99 Å². The highest BCUT2D eigenvalue weighted by Gasteiger charge is 2.30. The third kappa shape index (κ3) is 6.60. The van der Waals surface area contributed by atoms with Crippen LogP contribution in [0.1, 0.15) is 59.3 Å². The van der Waals surface area contributed by atoms with Gasteiger partial charge < -0.3 is 15.4 Å². The summed E-state index contributed by atoms with van der Waals surface area (Å²) in [7, 11) is 0. The van der Waals surface area contributed by atoms with Gasteiger partial charge in [0, 0.05) is 50.8 Å². The number of morpholine rings is 1. The highest BCUT2D eigenvalue weighted by molar-refractivity contribution is 5.80. The summed E-state index contributed by atoms with van der Waals surface area (Å²) in [6.45, 7) is 14.8. The lowest BCUT2D eigenvalue weighted by Crippen LogP contribution is -2.48. The van der Waals surface area contributed by atoms with E-state index in [-0.39, 0.29) is 0 Å². The lowest BCUT2D eigenvalue weighted by molar-refractivity contribution is 0.0143. The Morgan fingerprint density at radius 2 is 1.86 bits per heavy atom. The SMILES string of the molecule is CCNC(=NCC(CC(C)C)N1CCOCC1)NC1CCN(C2CCCC2)C1. The smallest absolute Gasteiger partial charge is 0.191 e. The summed E-state index contributed by atoms with van der Waals surface area (Å²) in [4.78, 5) is 10.3. The van der Waals surface area contributed by atoms with Crippen molar-refractivity contribution >= 4 is 5.96 Å². The van der Waals surface area contributed by atoms with Crippen LogP contribution in [0.5, 0.6) is 0 Å². The van der Waals surface area contributed by atoms with Crippen LogP contribution in [0.4, 0.5) is 0 Å². The summed E-state index contributed by atoms with van der Waals surface area (Å²) >= 11 is 0. The first-order chi connectivity index (χ1) is 13.7. The molecular weight excluding hydrogens is 350 g/mol. The maximum absolute atomic E-state index is 5.55. The van der Waals surface area contributed by atoms with E-state index in [1.165, 1.54) is 51.6 Å². The molecule has 1 saturated carbocycles. The maximum atomic E-state index is 5.55. The summed E-state index contributed by atoms with van der Waals surface area (Å²) in [6.07, 6.45) is 8.07. The van der Waals surface area contributed by atoms with Crippen molar-refractivity contribution in [1.29, 1.82) is 0 Å². The number of nitrogens with one attached hydrogen (secondary N) is 2. The molecule has 162 valence electrons. The van der Waals surface area contributed by atoms with Gasteiger partial charge in [0.1, 0.15) is 0 Å². The Hall–Kier alpha value is -0.850. The first-order valence-electron chi connectivity index (χ1n) is 11.8. The minimum absolute atomic E-state index is 0.512. The van der Waals surface area contributed by atoms with Crippen molar-refractivity contribution < 1.29 is 4.74 Å². The van der Waals surface area contributed by atoms with Crippen molar-refractivity contribution in [2.75, 3.05) is 52.5 Å². The van der Waals surface area contributed by atoms with Gasteiger partial charge in [-0.3, -0.25) is 14.8 Å². The molecule has 0 bridgehead atoms.